The Labute approximate surface area is 409 Å². The summed E-state index contributed by atoms with van der Waals surface area (Å²) in [6, 6.07) is 6.41. The van der Waals surface area contributed by atoms with Crippen LogP contribution in [0.5, 0.6) is 0 Å². The molecule has 0 aliphatic carbocycles. The van der Waals surface area contributed by atoms with Gasteiger partial charge in [-0.25, -0.2) is 50.5 Å². The van der Waals surface area contributed by atoms with Crippen molar-refractivity contribution in [2.24, 2.45) is 20.5 Å². The van der Waals surface area contributed by atoms with Gasteiger partial charge in [0.1, 0.15) is 37.3 Å². The molecule has 4 N–H and O–H groups in total. The minimum atomic E-state index is -5.55. The van der Waals surface area contributed by atoms with E-state index in [2.05, 4.69) is 28.8 Å². The van der Waals surface area contributed by atoms with Gasteiger partial charge in [-0.15, -0.1) is 15.3 Å². The fourth-order valence-electron chi connectivity index (χ4n) is 3.69. The van der Waals surface area contributed by atoms with E-state index in [1.54, 1.807) is 0 Å². The van der Waals surface area contributed by atoms with Crippen LogP contribution in [0.15, 0.2) is 88.6 Å². The first kappa shape index (κ1) is 58.0. The van der Waals surface area contributed by atoms with Crippen LogP contribution in [0.1, 0.15) is 0 Å². The smallest absolute Gasteiger partial charge is 0.744 e. The van der Waals surface area contributed by atoms with Crippen LogP contribution in [0.25, 0.3) is 0 Å². The average molecular weight is 941 g/mol. The zero-order valence-corrected chi connectivity index (χ0v) is 42.1. The maximum atomic E-state index is 12.5. The van der Waals surface area contributed by atoms with E-state index in [0.29, 0.717) is 24.3 Å². The molecule has 34 heteroatoms. The Kier molecular flexibility index (Phi) is 23.5. The topological polar surface area (TPSA) is 417 Å². The third-order valence-corrected chi connectivity index (χ3v) is 12.1. The summed E-state index contributed by atoms with van der Waals surface area (Å²) >= 11 is 0. The summed E-state index contributed by atoms with van der Waals surface area (Å²) in [5.41, 5.74) is 7.80. The Morgan fingerprint density at radius 1 is 0.500 bits per heavy atom. The molecule has 3 aromatic carbocycles. The van der Waals surface area contributed by atoms with Gasteiger partial charge in [-0.2, -0.15) is 5.11 Å². The Hall–Kier alpha value is -0.0800. The molecule has 0 spiro atoms. The second-order valence-corrected chi connectivity index (χ2v) is 18.6. The Balaban J connectivity index is 0. The van der Waals surface area contributed by atoms with Crippen LogP contribution >= 0.6 is 0 Å². The molecule has 0 unspecified atom stereocenters. The zero-order chi connectivity index (χ0) is 39.5. The van der Waals surface area contributed by atoms with Crippen LogP contribution in [0, 0.1) is 0 Å². The van der Waals surface area contributed by atoms with Gasteiger partial charge >= 0.3 is 118 Å². The molecule has 24 nitrogen and oxygen atoms in total. The third-order valence-electron chi connectivity index (χ3n) is 6.03. The molecule has 0 atom stereocenters. The monoisotopic (exact) mass is 940 g/mol. The minimum absolute atomic E-state index is 0. The summed E-state index contributed by atoms with van der Waals surface area (Å²) in [6.45, 7) is -2.12. The first-order valence-corrected chi connectivity index (χ1v) is 21.8. The Morgan fingerprint density at radius 3 is 1.38 bits per heavy atom. The van der Waals surface area contributed by atoms with Crippen molar-refractivity contribution >= 4 is 94.8 Å². The van der Waals surface area contributed by atoms with E-state index in [1.807, 2.05) is 0 Å². The average Bonchev–Trinajstić information content (AvgIpc) is 2.98. The normalized spacial score (nSPS) is 12.6. The van der Waals surface area contributed by atoms with Crippen LogP contribution in [0.4, 0.5) is 34.1 Å². The van der Waals surface area contributed by atoms with Crippen molar-refractivity contribution in [3.05, 3.63) is 48.5 Å². The number of nitrogens with zero attached hydrogens (tertiary/aromatic N) is 4. The van der Waals surface area contributed by atoms with Crippen LogP contribution in [0.2, 0.25) is 0 Å². The maximum Gasteiger partial charge on any atom is 1.00 e. The van der Waals surface area contributed by atoms with E-state index in [0.717, 1.165) is 24.3 Å². The standard InChI is InChI=1S/C22H24N6O18S6.4Na/c23-20-17(27-25-13-1-3-14(4-2-13)47(29,30)9-7-45-51(39,40)41)12-19(50(36,37)38)21(24)22(20)28-26-16-6-5-15(11-18(16)49(33,34)35)48(31,32)10-8-46-52(42,43)44;;;;/h1-6,11-12H,7-10,23-24H2,(H,33,34,35)(H,36,37,38)(H,39,40,41)(H,42,43,44);;;;/q;4*+1/p-4. The number of nitrogen functional groups attached to an aromatic ring is 2. The fraction of sp³-hybridized carbons (Fsp3) is 0.182. The third kappa shape index (κ3) is 17.5. The molecule has 3 rings (SSSR count). The molecule has 0 aromatic heterocycles. The van der Waals surface area contributed by atoms with Gasteiger partial charge in [0.2, 0.25) is 20.8 Å². The Bertz CT molecular complexity index is 2630. The first-order valence-electron chi connectivity index (χ1n) is 13.0. The maximum absolute atomic E-state index is 12.5. The van der Waals surface area contributed by atoms with E-state index in [1.165, 1.54) is 0 Å². The molecule has 286 valence electrons. The van der Waals surface area contributed by atoms with Gasteiger partial charge in [0.15, 0.2) is 19.7 Å². The van der Waals surface area contributed by atoms with Gasteiger partial charge < -0.3 is 29.7 Å². The van der Waals surface area contributed by atoms with Crippen molar-refractivity contribution in [2.75, 3.05) is 36.2 Å². The van der Waals surface area contributed by atoms with Crippen LogP contribution in [0.3, 0.4) is 0 Å². The first-order chi connectivity index (χ1) is 23.6. The fourth-order valence-corrected chi connectivity index (χ4v) is 8.01. The van der Waals surface area contributed by atoms with Crippen molar-refractivity contribution in [3.63, 3.8) is 0 Å². The number of azo groups is 2. The molecule has 3 aromatic rings. The molecule has 0 saturated carbocycles. The van der Waals surface area contributed by atoms with Gasteiger partial charge in [0, 0.05) is 0 Å². The van der Waals surface area contributed by atoms with Crippen molar-refractivity contribution in [1.82, 2.24) is 0 Å². The zero-order valence-electron chi connectivity index (χ0n) is 29.2. The van der Waals surface area contributed by atoms with Crippen LogP contribution < -0.4 is 130 Å². The predicted octanol–water partition coefficient (Wildman–Crippen LogP) is -12.0. The van der Waals surface area contributed by atoms with Crippen molar-refractivity contribution in [1.29, 1.82) is 0 Å². The number of anilines is 2. The summed E-state index contributed by atoms with van der Waals surface area (Å²) in [5.74, 6) is -2.04. The number of sulfone groups is 2. The molecule has 0 bridgehead atoms. The van der Waals surface area contributed by atoms with Crippen LogP contribution in [-0.4, -0.2) is 93.4 Å². The van der Waals surface area contributed by atoms with E-state index in [4.69, 9.17) is 11.5 Å². The summed E-state index contributed by atoms with van der Waals surface area (Å²) in [4.78, 5) is -3.70. The molecule has 0 aliphatic rings. The van der Waals surface area contributed by atoms with Gasteiger partial charge in [-0.1, -0.05) is 0 Å². The summed E-state index contributed by atoms with van der Waals surface area (Å²) in [7, 11) is -30.1. The number of benzene rings is 3. The van der Waals surface area contributed by atoms with E-state index in [9.17, 15) is 68.7 Å². The van der Waals surface area contributed by atoms with Gasteiger partial charge in [0.05, 0.1) is 61.4 Å². The minimum Gasteiger partial charge on any atom is -0.744 e. The largest absolute Gasteiger partial charge is 1.00 e. The summed E-state index contributed by atoms with van der Waals surface area (Å²) in [6.07, 6.45) is 0. The Morgan fingerprint density at radius 2 is 0.929 bits per heavy atom. The van der Waals surface area contributed by atoms with Crippen molar-refractivity contribution < 1.29 is 195 Å². The number of nitrogens with two attached hydrogens (primary N) is 2. The molecule has 0 aliphatic heterocycles. The quantitative estimate of drug-likeness (QED) is 0.0443. The molecule has 56 heavy (non-hydrogen) atoms. The number of hydrogen-bond donors (Lipinski definition) is 2. The predicted molar refractivity (Wildman–Crippen MR) is 168 cm³/mol. The van der Waals surface area contributed by atoms with Crippen molar-refractivity contribution in [2.45, 2.75) is 19.6 Å². The second kappa shape index (κ2) is 22.7. The van der Waals surface area contributed by atoms with Crippen LogP contribution in [-0.2, 0) is 69.1 Å². The van der Waals surface area contributed by atoms with Gasteiger partial charge in [-0.3, -0.25) is 8.37 Å². The second-order valence-electron chi connectivity index (χ2n) is 9.60. The van der Waals surface area contributed by atoms with E-state index in [-0.39, 0.29) is 129 Å². The number of rotatable bonds is 16. The molecule has 0 saturated heterocycles. The SMILES string of the molecule is Nc1c(N=Nc2ccc(S(=O)(=O)CCOS(=O)(=O)[O-])cc2)cc(S(=O)(=O)[O-])c(N)c1N=Nc1ccc(S(=O)(=O)CCOS(=O)(=O)[O-])cc1S(=O)(=O)[O-].[Na+].[Na+].[Na+].[Na+]. The molecule has 0 fully saturated rings. The number of hydrogen-bond acceptors (Lipinski definition) is 24. The molecule has 0 radical (unpaired) electrons. The van der Waals surface area contributed by atoms with E-state index >= 15 is 0 Å². The van der Waals surface area contributed by atoms with Gasteiger partial charge in [-0.05, 0) is 48.5 Å². The molecule has 0 amide bonds. The van der Waals surface area contributed by atoms with E-state index < -0.39 is 129 Å². The summed E-state index contributed by atoms with van der Waals surface area (Å²) < 4.78 is 192. The molecular weight excluding hydrogens is 921 g/mol. The summed E-state index contributed by atoms with van der Waals surface area (Å²) in [5, 5.41) is 14.5. The van der Waals surface area contributed by atoms with Gasteiger partial charge in [0.25, 0.3) is 0 Å². The van der Waals surface area contributed by atoms with Crippen molar-refractivity contribution in [3.8, 4) is 0 Å². The molecular formula is C22H20N6Na4O18S6. The molecule has 0 heterocycles.